The van der Waals surface area contributed by atoms with Gasteiger partial charge in [0.1, 0.15) is 5.15 Å². The molecule has 0 amide bonds. The van der Waals surface area contributed by atoms with Gasteiger partial charge in [0.25, 0.3) is 0 Å². The van der Waals surface area contributed by atoms with Crippen LogP contribution in [-0.2, 0) is 6.54 Å². The molecule has 0 atom stereocenters. The van der Waals surface area contributed by atoms with Crippen molar-refractivity contribution < 1.29 is 0 Å². The third-order valence-corrected chi connectivity index (χ3v) is 1.33. The van der Waals surface area contributed by atoms with Gasteiger partial charge in [0.2, 0.25) is 0 Å². The lowest BCUT2D eigenvalue weighted by Crippen LogP contribution is -1.81. The summed E-state index contributed by atoms with van der Waals surface area (Å²) in [5.74, 6) is 0. The predicted molar refractivity (Wildman–Crippen MR) is 42.1 cm³/mol. The molecule has 0 spiro atoms. The second-order valence-electron chi connectivity index (χ2n) is 1.88. The SMILES string of the molecule is [N-]=[N+]=NCc1ccc(Cl)nc1. The molecular formula is C6H5ClN4. The Kier molecular flexibility index (Phi) is 2.72. The number of aromatic nitrogens is 1. The largest absolute Gasteiger partial charge is 0.244 e. The lowest BCUT2D eigenvalue weighted by Gasteiger charge is -1.92. The summed E-state index contributed by atoms with van der Waals surface area (Å²) >= 11 is 5.53. The minimum Gasteiger partial charge on any atom is -0.244 e. The van der Waals surface area contributed by atoms with E-state index < -0.39 is 0 Å². The zero-order valence-electron chi connectivity index (χ0n) is 5.61. The van der Waals surface area contributed by atoms with Gasteiger partial charge in [0, 0.05) is 11.1 Å². The molecule has 0 N–H and O–H groups in total. The number of azide groups is 1. The van der Waals surface area contributed by atoms with E-state index in [4.69, 9.17) is 17.1 Å². The van der Waals surface area contributed by atoms with Crippen LogP contribution in [0, 0.1) is 0 Å². The van der Waals surface area contributed by atoms with E-state index in [0.29, 0.717) is 11.7 Å². The molecule has 0 aliphatic carbocycles. The second kappa shape index (κ2) is 3.81. The molecule has 4 nitrogen and oxygen atoms in total. The summed E-state index contributed by atoms with van der Waals surface area (Å²) in [7, 11) is 0. The third kappa shape index (κ3) is 2.45. The highest BCUT2D eigenvalue weighted by Gasteiger charge is 1.90. The van der Waals surface area contributed by atoms with E-state index in [1.54, 1.807) is 18.3 Å². The van der Waals surface area contributed by atoms with Crippen LogP contribution in [0.3, 0.4) is 0 Å². The molecule has 56 valence electrons. The number of pyridine rings is 1. The molecule has 0 fully saturated rings. The Morgan fingerprint density at radius 3 is 3.00 bits per heavy atom. The van der Waals surface area contributed by atoms with Crippen molar-refractivity contribution in [2.24, 2.45) is 5.11 Å². The van der Waals surface area contributed by atoms with Crippen LogP contribution in [0.4, 0.5) is 0 Å². The highest BCUT2D eigenvalue weighted by Crippen LogP contribution is 2.05. The van der Waals surface area contributed by atoms with Crippen LogP contribution >= 0.6 is 11.6 Å². The first-order valence-corrected chi connectivity index (χ1v) is 3.32. The highest BCUT2D eigenvalue weighted by atomic mass is 35.5. The van der Waals surface area contributed by atoms with Crippen molar-refractivity contribution in [1.82, 2.24) is 4.98 Å². The highest BCUT2D eigenvalue weighted by molar-refractivity contribution is 6.29. The van der Waals surface area contributed by atoms with E-state index in [9.17, 15) is 0 Å². The van der Waals surface area contributed by atoms with Gasteiger partial charge in [0.15, 0.2) is 0 Å². The molecule has 0 saturated heterocycles. The van der Waals surface area contributed by atoms with Crippen molar-refractivity contribution >= 4 is 11.6 Å². The summed E-state index contributed by atoms with van der Waals surface area (Å²) in [5.41, 5.74) is 8.85. The summed E-state index contributed by atoms with van der Waals surface area (Å²) in [4.78, 5) is 6.43. The minimum atomic E-state index is 0.320. The Labute approximate surface area is 68.5 Å². The van der Waals surface area contributed by atoms with Crippen molar-refractivity contribution in [2.45, 2.75) is 6.54 Å². The first-order valence-electron chi connectivity index (χ1n) is 2.94. The van der Waals surface area contributed by atoms with Gasteiger partial charge >= 0.3 is 0 Å². The molecular weight excluding hydrogens is 164 g/mol. The van der Waals surface area contributed by atoms with E-state index in [0.717, 1.165) is 5.56 Å². The Morgan fingerprint density at radius 1 is 1.64 bits per heavy atom. The summed E-state index contributed by atoms with van der Waals surface area (Å²) in [6.07, 6.45) is 1.58. The molecule has 1 rings (SSSR count). The summed E-state index contributed by atoms with van der Waals surface area (Å²) in [5, 5.41) is 3.81. The van der Waals surface area contributed by atoms with Gasteiger partial charge < -0.3 is 0 Å². The van der Waals surface area contributed by atoms with Gasteiger partial charge in [-0.1, -0.05) is 22.8 Å². The van der Waals surface area contributed by atoms with Gasteiger partial charge in [-0.2, -0.15) is 0 Å². The molecule has 0 bridgehead atoms. The molecule has 5 heteroatoms. The van der Waals surface area contributed by atoms with Crippen LogP contribution in [0.5, 0.6) is 0 Å². The normalized spacial score (nSPS) is 8.82. The lowest BCUT2D eigenvalue weighted by molar-refractivity contribution is 1.03. The van der Waals surface area contributed by atoms with E-state index in [2.05, 4.69) is 15.0 Å². The lowest BCUT2D eigenvalue weighted by atomic mass is 10.3. The third-order valence-electron chi connectivity index (χ3n) is 1.11. The average molecular weight is 169 g/mol. The molecule has 0 aliphatic heterocycles. The topological polar surface area (TPSA) is 61.7 Å². The van der Waals surface area contributed by atoms with Crippen LogP contribution in [-0.4, -0.2) is 4.98 Å². The fourth-order valence-corrected chi connectivity index (χ4v) is 0.725. The Hall–Kier alpha value is -1.25. The van der Waals surface area contributed by atoms with E-state index >= 15 is 0 Å². The van der Waals surface area contributed by atoms with E-state index in [-0.39, 0.29) is 0 Å². The molecule has 1 heterocycles. The van der Waals surface area contributed by atoms with Gasteiger partial charge in [-0.05, 0) is 17.2 Å². The van der Waals surface area contributed by atoms with Gasteiger partial charge in [-0.25, -0.2) is 4.98 Å². The van der Waals surface area contributed by atoms with Crippen LogP contribution in [0.1, 0.15) is 5.56 Å². The fraction of sp³-hybridized carbons (Fsp3) is 0.167. The Bertz CT molecular complexity index is 275. The second-order valence-corrected chi connectivity index (χ2v) is 2.27. The maximum absolute atomic E-state index is 7.99. The Balaban J connectivity index is 2.73. The smallest absolute Gasteiger partial charge is 0.129 e. The molecule has 11 heavy (non-hydrogen) atoms. The van der Waals surface area contributed by atoms with Gasteiger partial charge in [-0.15, -0.1) is 0 Å². The van der Waals surface area contributed by atoms with Gasteiger partial charge in [0.05, 0.1) is 6.54 Å². The molecule has 1 aromatic rings. The first kappa shape index (κ1) is 7.85. The summed E-state index contributed by atoms with van der Waals surface area (Å²) in [6, 6.07) is 3.42. The number of halogens is 1. The van der Waals surface area contributed by atoms with Crippen LogP contribution < -0.4 is 0 Å². The molecule has 0 aliphatic rings. The van der Waals surface area contributed by atoms with Crippen LogP contribution in [0.2, 0.25) is 5.15 Å². The monoisotopic (exact) mass is 168 g/mol. The molecule has 0 aromatic carbocycles. The van der Waals surface area contributed by atoms with Gasteiger partial charge in [-0.3, -0.25) is 0 Å². The zero-order valence-corrected chi connectivity index (χ0v) is 6.36. The summed E-state index contributed by atoms with van der Waals surface area (Å²) in [6.45, 7) is 0.320. The summed E-state index contributed by atoms with van der Waals surface area (Å²) < 4.78 is 0. The molecule has 0 unspecified atom stereocenters. The zero-order chi connectivity index (χ0) is 8.10. The maximum atomic E-state index is 7.99. The van der Waals surface area contributed by atoms with Crippen molar-refractivity contribution in [3.63, 3.8) is 0 Å². The molecule has 0 saturated carbocycles. The van der Waals surface area contributed by atoms with Crippen molar-refractivity contribution in [3.8, 4) is 0 Å². The minimum absolute atomic E-state index is 0.320. The van der Waals surface area contributed by atoms with E-state index in [1.807, 2.05) is 0 Å². The standard InChI is InChI=1S/C6H5ClN4/c7-6-2-1-5(3-9-6)4-10-11-8/h1-3H,4H2. The first-order chi connectivity index (χ1) is 5.33. The van der Waals surface area contributed by atoms with Crippen molar-refractivity contribution in [1.29, 1.82) is 0 Å². The number of nitrogens with zero attached hydrogens (tertiary/aromatic N) is 4. The van der Waals surface area contributed by atoms with Crippen LogP contribution in [0.15, 0.2) is 23.4 Å². The van der Waals surface area contributed by atoms with E-state index in [1.165, 1.54) is 0 Å². The quantitative estimate of drug-likeness (QED) is 0.290. The van der Waals surface area contributed by atoms with Crippen molar-refractivity contribution in [3.05, 3.63) is 39.5 Å². The Morgan fingerprint density at radius 2 is 2.45 bits per heavy atom. The molecule has 0 radical (unpaired) electrons. The number of hydrogen-bond acceptors (Lipinski definition) is 2. The average Bonchev–Trinajstić information content (AvgIpc) is 2.04. The van der Waals surface area contributed by atoms with Crippen LogP contribution in [0.25, 0.3) is 10.4 Å². The fourth-order valence-electron chi connectivity index (χ4n) is 0.613. The van der Waals surface area contributed by atoms with Crippen molar-refractivity contribution in [2.75, 3.05) is 0 Å². The predicted octanol–water partition coefficient (Wildman–Crippen LogP) is 2.55. The molecule has 1 aromatic heterocycles. The number of rotatable bonds is 2. The number of hydrogen-bond donors (Lipinski definition) is 0. The maximum Gasteiger partial charge on any atom is 0.129 e.